The number of benzene rings is 1. The molecule has 19 heavy (non-hydrogen) atoms. The number of hydrogen-bond donors (Lipinski definition) is 0. The van der Waals surface area contributed by atoms with E-state index < -0.39 is 42.0 Å². The average molecular weight is 285 g/mol. The molecular formula is C11H9F6NO. The monoisotopic (exact) mass is 285 g/mol. The van der Waals surface area contributed by atoms with E-state index in [9.17, 15) is 31.1 Å². The first-order valence-electron chi connectivity index (χ1n) is 5.03. The summed E-state index contributed by atoms with van der Waals surface area (Å²) in [5.74, 6) is -2.56. The topological polar surface area (TPSA) is 20.3 Å². The summed E-state index contributed by atoms with van der Waals surface area (Å²) in [7, 11) is 1.02. The number of alkyl halides is 5. The van der Waals surface area contributed by atoms with Gasteiger partial charge in [-0.25, -0.2) is 13.2 Å². The second-order valence-electron chi connectivity index (χ2n) is 3.77. The van der Waals surface area contributed by atoms with Crippen LogP contribution in [0.5, 0.6) is 0 Å². The van der Waals surface area contributed by atoms with Gasteiger partial charge in [0, 0.05) is 12.6 Å². The molecule has 0 fully saturated rings. The van der Waals surface area contributed by atoms with Gasteiger partial charge >= 0.3 is 6.18 Å². The van der Waals surface area contributed by atoms with Gasteiger partial charge in [-0.3, -0.25) is 4.79 Å². The molecule has 1 aromatic rings. The van der Waals surface area contributed by atoms with Gasteiger partial charge < -0.3 is 4.90 Å². The molecule has 0 spiro atoms. The largest absolute Gasteiger partial charge is 0.419 e. The van der Waals surface area contributed by atoms with E-state index in [2.05, 4.69) is 0 Å². The van der Waals surface area contributed by atoms with Crippen LogP contribution in [0.2, 0.25) is 0 Å². The standard InChI is InChI=1S/C11H9F6NO/c1-18(5-9(13)14)10(19)6-2-3-8(12)7(4-6)11(15,16)17/h2-4,9H,5H2,1H3. The van der Waals surface area contributed by atoms with Crippen LogP contribution in [0.15, 0.2) is 18.2 Å². The fraction of sp³-hybridized carbons (Fsp3) is 0.364. The second-order valence-corrected chi connectivity index (χ2v) is 3.77. The summed E-state index contributed by atoms with van der Waals surface area (Å²) >= 11 is 0. The molecular weight excluding hydrogens is 276 g/mol. The zero-order valence-electron chi connectivity index (χ0n) is 9.64. The Hall–Kier alpha value is -1.73. The normalized spacial score (nSPS) is 11.8. The van der Waals surface area contributed by atoms with E-state index in [0.717, 1.165) is 13.1 Å². The number of hydrogen-bond acceptors (Lipinski definition) is 1. The Morgan fingerprint density at radius 3 is 2.37 bits per heavy atom. The Balaban J connectivity index is 3.06. The summed E-state index contributed by atoms with van der Waals surface area (Å²) in [6.45, 7) is -0.919. The molecule has 0 atom stereocenters. The molecule has 106 valence electrons. The Labute approximate surface area is 104 Å². The minimum atomic E-state index is -4.96. The third kappa shape index (κ3) is 3.87. The molecule has 0 N–H and O–H groups in total. The van der Waals surface area contributed by atoms with E-state index in [-0.39, 0.29) is 0 Å². The number of halogens is 6. The lowest BCUT2D eigenvalue weighted by Crippen LogP contribution is -2.31. The van der Waals surface area contributed by atoms with Crippen molar-refractivity contribution in [2.75, 3.05) is 13.6 Å². The molecule has 0 saturated heterocycles. The summed E-state index contributed by atoms with van der Waals surface area (Å²) in [4.78, 5) is 12.1. The van der Waals surface area contributed by atoms with Crippen LogP contribution in [-0.2, 0) is 6.18 Å². The number of carbonyl (C=O) groups excluding carboxylic acids is 1. The van der Waals surface area contributed by atoms with E-state index in [4.69, 9.17) is 0 Å². The van der Waals surface area contributed by atoms with Crippen molar-refractivity contribution in [2.24, 2.45) is 0 Å². The second kappa shape index (κ2) is 5.50. The molecule has 0 unspecified atom stereocenters. The van der Waals surface area contributed by atoms with Crippen LogP contribution in [0.1, 0.15) is 15.9 Å². The van der Waals surface area contributed by atoms with Gasteiger partial charge in [-0.1, -0.05) is 0 Å². The smallest absolute Gasteiger partial charge is 0.336 e. The zero-order chi connectivity index (χ0) is 14.8. The minimum Gasteiger partial charge on any atom is -0.336 e. The van der Waals surface area contributed by atoms with E-state index in [0.29, 0.717) is 17.0 Å². The molecule has 2 nitrogen and oxygen atoms in total. The summed E-state index contributed by atoms with van der Waals surface area (Å²) in [6, 6.07) is 1.60. The Morgan fingerprint density at radius 1 is 1.32 bits per heavy atom. The maximum Gasteiger partial charge on any atom is 0.419 e. The van der Waals surface area contributed by atoms with Crippen LogP contribution < -0.4 is 0 Å². The van der Waals surface area contributed by atoms with E-state index >= 15 is 0 Å². The maximum absolute atomic E-state index is 13.0. The highest BCUT2D eigenvalue weighted by Crippen LogP contribution is 2.32. The number of nitrogens with zero attached hydrogens (tertiary/aromatic N) is 1. The van der Waals surface area contributed by atoms with Crippen molar-refractivity contribution < 1.29 is 31.1 Å². The van der Waals surface area contributed by atoms with Crippen molar-refractivity contribution in [2.45, 2.75) is 12.6 Å². The lowest BCUT2D eigenvalue weighted by molar-refractivity contribution is -0.140. The van der Waals surface area contributed by atoms with Crippen LogP contribution in [0.4, 0.5) is 26.3 Å². The van der Waals surface area contributed by atoms with Gasteiger partial charge in [0.25, 0.3) is 12.3 Å². The first-order chi connectivity index (χ1) is 8.62. The number of amides is 1. The van der Waals surface area contributed by atoms with Crippen LogP contribution in [0.3, 0.4) is 0 Å². The predicted octanol–water partition coefficient (Wildman–Crippen LogP) is 3.18. The SMILES string of the molecule is CN(CC(F)F)C(=O)c1ccc(F)c(C(F)(F)F)c1. The Bertz CT molecular complexity index is 471. The van der Waals surface area contributed by atoms with Crippen molar-refractivity contribution >= 4 is 5.91 Å². The maximum atomic E-state index is 13.0. The van der Waals surface area contributed by atoms with E-state index in [1.165, 1.54) is 0 Å². The van der Waals surface area contributed by atoms with Crippen LogP contribution in [0.25, 0.3) is 0 Å². The van der Waals surface area contributed by atoms with Crippen molar-refractivity contribution in [1.29, 1.82) is 0 Å². The molecule has 1 rings (SSSR count). The first-order valence-corrected chi connectivity index (χ1v) is 5.03. The summed E-state index contributed by atoms with van der Waals surface area (Å²) in [5, 5.41) is 0. The molecule has 1 amide bonds. The average Bonchev–Trinajstić information content (AvgIpc) is 2.26. The van der Waals surface area contributed by atoms with Gasteiger partial charge in [0.1, 0.15) is 5.82 Å². The fourth-order valence-electron chi connectivity index (χ4n) is 1.39. The Kier molecular flexibility index (Phi) is 4.43. The third-order valence-electron chi connectivity index (χ3n) is 2.28. The predicted molar refractivity (Wildman–Crippen MR) is 54.4 cm³/mol. The molecule has 1 aromatic carbocycles. The Morgan fingerprint density at radius 2 is 1.89 bits per heavy atom. The fourth-order valence-corrected chi connectivity index (χ4v) is 1.39. The first kappa shape index (κ1) is 15.3. The molecule has 0 aromatic heterocycles. The quantitative estimate of drug-likeness (QED) is 0.781. The summed E-state index contributed by atoms with van der Waals surface area (Å²) in [6.07, 6.45) is -7.77. The molecule has 0 radical (unpaired) electrons. The lowest BCUT2D eigenvalue weighted by atomic mass is 10.1. The number of rotatable bonds is 3. The van der Waals surface area contributed by atoms with Crippen molar-refractivity contribution in [3.05, 3.63) is 35.1 Å². The van der Waals surface area contributed by atoms with Crippen molar-refractivity contribution in [1.82, 2.24) is 4.90 Å². The zero-order valence-corrected chi connectivity index (χ0v) is 9.64. The van der Waals surface area contributed by atoms with E-state index in [1.807, 2.05) is 0 Å². The highest BCUT2D eigenvalue weighted by molar-refractivity contribution is 5.94. The van der Waals surface area contributed by atoms with Crippen LogP contribution >= 0.6 is 0 Å². The van der Waals surface area contributed by atoms with Crippen molar-refractivity contribution in [3.63, 3.8) is 0 Å². The molecule has 0 heterocycles. The highest BCUT2D eigenvalue weighted by atomic mass is 19.4. The highest BCUT2D eigenvalue weighted by Gasteiger charge is 2.35. The number of carbonyl (C=O) groups is 1. The van der Waals surface area contributed by atoms with Gasteiger partial charge in [-0.2, -0.15) is 13.2 Å². The van der Waals surface area contributed by atoms with Crippen molar-refractivity contribution in [3.8, 4) is 0 Å². The lowest BCUT2D eigenvalue weighted by Gasteiger charge is -2.17. The molecule has 8 heteroatoms. The van der Waals surface area contributed by atoms with E-state index in [1.54, 1.807) is 0 Å². The van der Waals surface area contributed by atoms with Gasteiger partial charge in [0.05, 0.1) is 12.1 Å². The molecule has 0 saturated carbocycles. The molecule has 0 aliphatic rings. The van der Waals surface area contributed by atoms with Gasteiger partial charge in [0.2, 0.25) is 0 Å². The van der Waals surface area contributed by atoms with Gasteiger partial charge in [-0.15, -0.1) is 0 Å². The third-order valence-corrected chi connectivity index (χ3v) is 2.28. The summed E-state index contributed by atoms with van der Waals surface area (Å²) < 4.78 is 74.4. The van der Waals surface area contributed by atoms with Crippen LogP contribution in [0, 0.1) is 5.82 Å². The molecule has 0 aliphatic heterocycles. The minimum absolute atomic E-state index is 0.305. The van der Waals surface area contributed by atoms with Gasteiger partial charge in [0.15, 0.2) is 0 Å². The van der Waals surface area contributed by atoms with Crippen LogP contribution in [-0.4, -0.2) is 30.8 Å². The van der Waals surface area contributed by atoms with Gasteiger partial charge in [-0.05, 0) is 18.2 Å². The molecule has 0 bridgehead atoms. The summed E-state index contributed by atoms with van der Waals surface area (Å²) in [5.41, 5.74) is -2.11. The molecule has 0 aliphatic carbocycles.